The van der Waals surface area contributed by atoms with Crippen LogP contribution in [0, 0.1) is 0 Å². The molecule has 2 aromatic rings. The van der Waals surface area contributed by atoms with Crippen molar-refractivity contribution in [1.29, 1.82) is 0 Å². The minimum absolute atomic E-state index is 0.420. The van der Waals surface area contributed by atoms with Crippen LogP contribution in [0.1, 0.15) is 25.0 Å². The van der Waals surface area contributed by atoms with Crippen LogP contribution in [0.25, 0.3) is 0 Å². The fraction of sp³-hybridized carbons (Fsp3) is 0.238. The summed E-state index contributed by atoms with van der Waals surface area (Å²) in [7, 11) is 1.61. The van der Waals surface area contributed by atoms with E-state index in [4.69, 9.17) is 15.2 Å². The Bertz CT molecular complexity index is 813. The van der Waals surface area contributed by atoms with Gasteiger partial charge in [-0.05, 0) is 49.2 Å². The quantitative estimate of drug-likeness (QED) is 0.312. The number of nitrogens with two attached hydrogens (primary N) is 1. The Morgan fingerprint density at radius 1 is 1.11 bits per heavy atom. The molecule has 0 spiro atoms. The van der Waals surface area contributed by atoms with Crippen LogP contribution in [-0.4, -0.2) is 25.1 Å². The average molecular weight is 384 g/mol. The van der Waals surface area contributed by atoms with E-state index in [0.717, 1.165) is 11.3 Å². The third kappa shape index (κ3) is 7.58. The largest absolute Gasteiger partial charge is 0.493 e. The standard InChI is InChI=1S/C21H25N3O2S/c1-16(2)11-12-26-19-10-9-18(13-20(19)25-3)14-23-24-21(22)27-15-17-7-5-4-6-8-17/h4-11,13-14H,12,15H2,1-3H3,(H2,22,24). The van der Waals surface area contributed by atoms with Crippen molar-refractivity contribution in [3.8, 4) is 11.5 Å². The molecule has 0 unspecified atom stereocenters. The van der Waals surface area contributed by atoms with Crippen LogP contribution in [0.4, 0.5) is 0 Å². The number of thioether (sulfide) groups is 1. The lowest BCUT2D eigenvalue weighted by Gasteiger charge is -2.09. The second-order valence-electron chi connectivity index (χ2n) is 5.96. The molecule has 0 fully saturated rings. The molecular weight excluding hydrogens is 358 g/mol. The molecule has 6 heteroatoms. The Kier molecular flexibility index (Phi) is 8.45. The van der Waals surface area contributed by atoms with E-state index in [2.05, 4.69) is 22.3 Å². The molecule has 0 atom stereocenters. The molecule has 5 nitrogen and oxygen atoms in total. The molecule has 0 saturated heterocycles. The second-order valence-corrected chi connectivity index (χ2v) is 6.96. The van der Waals surface area contributed by atoms with Crippen molar-refractivity contribution in [2.45, 2.75) is 19.6 Å². The zero-order valence-electron chi connectivity index (χ0n) is 15.9. The highest BCUT2D eigenvalue weighted by Crippen LogP contribution is 2.27. The minimum atomic E-state index is 0.420. The molecule has 0 aromatic heterocycles. The summed E-state index contributed by atoms with van der Waals surface area (Å²) in [4.78, 5) is 0. The monoisotopic (exact) mass is 383 g/mol. The number of benzene rings is 2. The van der Waals surface area contributed by atoms with E-state index in [0.29, 0.717) is 23.3 Å². The molecule has 2 aromatic carbocycles. The van der Waals surface area contributed by atoms with Gasteiger partial charge in [-0.3, -0.25) is 0 Å². The molecule has 0 aliphatic heterocycles. The van der Waals surface area contributed by atoms with Crippen molar-refractivity contribution in [2.75, 3.05) is 13.7 Å². The molecule has 2 N–H and O–H groups in total. The van der Waals surface area contributed by atoms with Gasteiger partial charge >= 0.3 is 0 Å². The molecule has 0 bridgehead atoms. The van der Waals surface area contributed by atoms with Crippen LogP contribution >= 0.6 is 11.8 Å². The van der Waals surface area contributed by atoms with E-state index < -0.39 is 0 Å². The van der Waals surface area contributed by atoms with Gasteiger partial charge in [0.1, 0.15) is 6.61 Å². The second kappa shape index (κ2) is 11.1. The van der Waals surface area contributed by atoms with Crippen molar-refractivity contribution in [3.63, 3.8) is 0 Å². The van der Waals surface area contributed by atoms with Crippen molar-refractivity contribution in [1.82, 2.24) is 0 Å². The lowest BCUT2D eigenvalue weighted by atomic mass is 10.2. The molecule has 0 radical (unpaired) electrons. The van der Waals surface area contributed by atoms with Gasteiger partial charge in [0.05, 0.1) is 13.3 Å². The molecule has 0 aliphatic carbocycles. The van der Waals surface area contributed by atoms with E-state index in [1.165, 1.54) is 22.9 Å². The molecule has 0 saturated carbocycles. The summed E-state index contributed by atoms with van der Waals surface area (Å²) in [6.45, 7) is 4.57. The van der Waals surface area contributed by atoms with Gasteiger partial charge < -0.3 is 15.2 Å². The van der Waals surface area contributed by atoms with Gasteiger partial charge in [0.25, 0.3) is 0 Å². The fourth-order valence-corrected chi connectivity index (χ4v) is 2.71. The van der Waals surface area contributed by atoms with Crippen molar-refractivity contribution < 1.29 is 9.47 Å². The summed E-state index contributed by atoms with van der Waals surface area (Å²) in [6, 6.07) is 15.7. The Hall–Kier alpha value is -2.73. The maximum atomic E-state index is 5.89. The van der Waals surface area contributed by atoms with Gasteiger partial charge in [-0.2, -0.15) is 5.10 Å². The third-order valence-electron chi connectivity index (χ3n) is 3.51. The minimum Gasteiger partial charge on any atom is -0.493 e. The van der Waals surface area contributed by atoms with Crippen molar-refractivity contribution >= 4 is 23.1 Å². The number of hydrogen-bond donors (Lipinski definition) is 1. The van der Waals surface area contributed by atoms with Crippen LogP contribution in [0.15, 0.2) is 70.4 Å². The zero-order valence-corrected chi connectivity index (χ0v) is 16.7. The molecule has 2 rings (SSSR count). The number of methoxy groups -OCH3 is 1. The topological polar surface area (TPSA) is 69.2 Å². The average Bonchev–Trinajstić information content (AvgIpc) is 2.67. The first-order valence-electron chi connectivity index (χ1n) is 8.56. The fourth-order valence-electron chi connectivity index (χ4n) is 2.09. The Morgan fingerprint density at radius 2 is 1.89 bits per heavy atom. The van der Waals surface area contributed by atoms with Crippen LogP contribution in [0.2, 0.25) is 0 Å². The Labute approximate surface area is 165 Å². The predicted molar refractivity (Wildman–Crippen MR) is 115 cm³/mol. The van der Waals surface area contributed by atoms with E-state index >= 15 is 0 Å². The summed E-state index contributed by atoms with van der Waals surface area (Å²) in [6.07, 6.45) is 3.65. The third-order valence-corrected chi connectivity index (χ3v) is 4.37. The summed E-state index contributed by atoms with van der Waals surface area (Å²) in [5, 5.41) is 8.50. The lowest BCUT2D eigenvalue weighted by Crippen LogP contribution is -2.06. The maximum Gasteiger partial charge on any atom is 0.180 e. The highest BCUT2D eigenvalue weighted by atomic mass is 32.2. The van der Waals surface area contributed by atoms with Crippen LogP contribution in [0.3, 0.4) is 0 Å². The lowest BCUT2D eigenvalue weighted by molar-refractivity contribution is 0.325. The molecule has 0 aliphatic rings. The summed E-state index contributed by atoms with van der Waals surface area (Å²) in [5.41, 5.74) is 9.15. The Balaban J connectivity index is 1.94. The summed E-state index contributed by atoms with van der Waals surface area (Å²) < 4.78 is 11.1. The predicted octanol–water partition coefficient (Wildman–Crippen LogP) is 4.62. The number of ether oxygens (including phenoxy) is 2. The maximum absolute atomic E-state index is 5.89. The first kappa shape index (κ1) is 20.6. The number of amidine groups is 1. The molecule has 27 heavy (non-hydrogen) atoms. The van der Waals surface area contributed by atoms with E-state index in [1.54, 1.807) is 13.3 Å². The first-order valence-corrected chi connectivity index (χ1v) is 9.54. The number of rotatable bonds is 8. The van der Waals surface area contributed by atoms with Gasteiger partial charge in [-0.15, -0.1) is 5.10 Å². The van der Waals surface area contributed by atoms with Crippen molar-refractivity contribution in [2.24, 2.45) is 15.9 Å². The normalized spacial score (nSPS) is 11.4. The highest BCUT2D eigenvalue weighted by Gasteiger charge is 2.04. The molecule has 142 valence electrons. The van der Waals surface area contributed by atoms with Crippen molar-refractivity contribution in [3.05, 3.63) is 71.3 Å². The summed E-state index contributed by atoms with van der Waals surface area (Å²) in [5.74, 6) is 2.10. The first-order chi connectivity index (χ1) is 13.1. The highest BCUT2D eigenvalue weighted by molar-refractivity contribution is 8.13. The van der Waals surface area contributed by atoms with Crippen LogP contribution < -0.4 is 15.2 Å². The summed E-state index contributed by atoms with van der Waals surface area (Å²) >= 11 is 1.45. The number of hydrogen-bond acceptors (Lipinski definition) is 5. The Morgan fingerprint density at radius 3 is 2.59 bits per heavy atom. The smallest absolute Gasteiger partial charge is 0.180 e. The SMILES string of the molecule is COc1cc(C=NN=C(N)SCc2ccccc2)ccc1OCC=C(C)C. The van der Waals surface area contributed by atoms with E-state index in [1.807, 2.05) is 56.3 Å². The molecular formula is C21H25N3O2S. The van der Waals surface area contributed by atoms with Crippen LogP contribution in [-0.2, 0) is 5.75 Å². The van der Waals surface area contributed by atoms with Gasteiger partial charge in [-0.1, -0.05) is 47.7 Å². The van der Waals surface area contributed by atoms with Gasteiger partial charge in [0, 0.05) is 5.75 Å². The zero-order chi connectivity index (χ0) is 19.5. The number of allylic oxidation sites excluding steroid dienone is 1. The van der Waals surface area contributed by atoms with Gasteiger partial charge in [0.15, 0.2) is 16.7 Å². The van der Waals surface area contributed by atoms with Crippen LogP contribution in [0.5, 0.6) is 11.5 Å². The molecule has 0 heterocycles. The van der Waals surface area contributed by atoms with E-state index in [9.17, 15) is 0 Å². The molecule has 0 amide bonds. The van der Waals surface area contributed by atoms with Gasteiger partial charge in [0.2, 0.25) is 0 Å². The van der Waals surface area contributed by atoms with Gasteiger partial charge in [-0.25, -0.2) is 0 Å². The van der Waals surface area contributed by atoms with E-state index in [-0.39, 0.29) is 0 Å². The number of nitrogens with zero attached hydrogens (tertiary/aromatic N) is 2.